The predicted molar refractivity (Wildman–Crippen MR) is 76.7 cm³/mol. The molecule has 2 rings (SSSR count). The highest BCUT2D eigenvalue weighted by atomic mass is 19.4. The highest BCUT2D eigenvalue weighted by molar-refractivity contribution is 5.71. The number of carbonyl (C=O) groups is 1. The van der Waals surface area contributed by atoms with Crippen molar-refractivity contribution in [3.8, 4) is 0 Å². The maximum absolute atomic E-state index is 13.0. The van der Waals surface area contributed by atoms with Gasteiger partial charge >= 0.3 is 18.4 Å². The van der Waals surface area contributed by atoms with Gasteiger partial charge in [0.1, 0.15) is 6.10 Å². The number of carbonyl (C=O) groups excluding carboxylic acids is 1. The molecular formula is C16H17F6NO2. The molecule has 0 N–H and O–H groups in total. The predicted octanol–water partition coefficient (Wildman–Crippen LogP) is 5.40. The maximum Gasteiger partial charge on any atom is 0.416 e. The third-order valence-corrected chi connectivity index (χ3v) is 4.06. The molecule has 0 aromatic heterocycles. The molecule has 0 spiro atoms. The van der Waals surface area contributed by atoms with E-state index in [-0.39, 0.29) is 17.7 Å². The van der Waals surface area contributed by atoms with Crippen molar-refractivity contribution >= 4 is 6.09 Å². The Morgan fingerprint density at radius 1 is 1.04 bits per heavy atom. The third-order valence-electron chi connectivity index (χ3n) is 4.06. The van der Waals surface area contributed by atoms with Crippen LogP contribution in [0.3, 0.4) is 0 Å². The van der Waals surface area contributed by atoms with Gasteiger partial charge in [-0.15, -0.1) is 0 Å². The van der Waals surface area contributed by atoms with Crippen LogP contribution < -0.4 is 0 Å². The van der Waals surface area contributed by atoms with Crippen molar-refractivity contribution in [2.45, 2.75) is 57.7 Å². The molecule has 1 amide bonds. The molecule has 2 atom stereocenters. The van der Waals surface area contributed by atoms with Gasteiger partial charge in [-0.1, -0.05) is 6.92 Å². The van der Waals surface area contributed by atoms with Crippen LogP contribution in [0.5, 0.6) is 0 Å². The average Bonchev–Trinajstić information content (AvgIpc) is 2.81. The van der Waals surface area contributed by atoms with Crippen LogP contribution in [0.1, 0.15) is 50.0 Å². The number of hydrogen-bond donors (Lipinski definition) is 0. The van der Waals surface area contributed by atoms with Gasteiger partial charge in [-0.25, -0.2) is 4.79 Å². The Morgan fingerprint density at radius 2 is 1.52 bits per heavy atom. The minimum Gasteiger partial charge on any atom is -0.439 e. The van der Waals surface area contributed by atoms with Gasteiger partial charge in [0, 0.05) is 6.04 Å². The van der Waals surface area contributed by atoms with Crippen LogP contribution in [0, 0.1) is 0 Å². The van der Waals surface area contributed by atoms with Gasteiger partial charge in [0.25, 0.3) is 0 Å². The van der Waals surface area contributed by atoms with Gasteiger partial charge in [0.2, 0.25) is 0 Å². The second kappa shape index (κ2) is 6.42. The first kappa shape index (κ1) is 19.4. The van der Waals surface area contributed by atoms with Crippen LogP contribution >= 0.6 is 0 Å². The smallest absolute Gasteiger partial charge is 0.416 e. The first-order valence-electron chi connectivity index (χ1n) is 7.64. The highest BCUT2D eigenvalue weighted by Crippen LogP contribution is 2.41. The molecule has 1 aromatic carbocycles. The number of cyclic esters (lactones) is 1. The number of halogens is 6. The average molecular weight is 369 g/mol. The van der Waals surface area contributed by atoms with E-state index in [9.17, 15) is 31.1 Å². The van der Waals surface area contributed by atoms with Crippen molar-refractivity contribution in [2.24, 2.45) is 0 Å². The molecule has 1 heterocycles. The molecular weight excluding hydrogens is 352 g/mol. The van der Waals surface area contributed by atoms with Crippen LogP contribution in [0.25, 0.3) is 0 Å². The zero-order valence-corrected chi connectivity index (χ0v) is 13.7. The van der Waals surface area contributed by atoms with Gasteiger partial charge in [-0.3, -0.25) is 4.90 Å². The second-order valence-corrected chi connectivity index (χ2v) is 6.12. The van der Waals surface area contributed by atoms with Crippen molar-refractivity contribution in [1.29, 1.82) is 0 Å². The summed E-state index contributed by atoms with van der Waals surface area (Å²) in [5.41, 5.74) is -3.16. The summed E-state index contributed by atoms with van der Waals surface area (Å²) in [5, 5.41) is 0. The first-order valence-corrected chi connectivity index (χ1v) is 7.64. The zero-order chi connectivity index (χ0) is 19.2. The minimum atomic E-state index is -4.95. The van der Waals surface area contributed by atoms with E-state index >= 15 is 0 Å². The molecule has 1 aliphatic rings. The fraction of sp³-hybridized carbons (Fsp3) is 0.562. The topological polar surface area (TPSA) is 29.5 Å². The van der Waals surface area contributed by atoms with E-state index in [2.05, 4.69) is 0 Å². The van der Waals surface area contributed by atoms with Crippen LogP contribution in [-0.4, -0.2) is 23.1 Å². The Kier molecular flexibility index (Phi) is 4.98. The van der Waals surface area contributed by atoms with Gasteiger partial charge in [-0.05, 0) is 44.0 Å². The maximum atomic E-state index is 13.0. The quantitative estimate of drug-likeness (QED) is 0.667. The van der Waals surface area contributed by atoms with Crippen LogP contribution in [0.15, 0.2) is 18.2 Å². The van der Waals surface area contributed by atoms with Crippen LogP contribution in [0.4, 0.5) is 31.1 Å². The van der Waals surface area contributed by atoms with Crippen LogP contribution in [0.2, 0.25) is 0 Å². The van der Waals surface area contributed by atoms with Crippen molar-refractivity contribution in [3.05, 3.63) is 34.9 Å². The summed E-state index contributed by atoms with van der Waals surface area (Å²) in [7, 11) is 0. The number of rotatable bonds is 3. The van der Waals surface area contributed by atoms with E-state index < -0.39 is 41.7 Å². The summed E-state index contributed by atoms with van der Waals surface area (Å²) in [6, 6.07) is 0.341. The van der Waals surface area contributed by atoms with E-state index in [1.165, 1.54) is 4.90 Å². The van der Waals surface area contributed by atoms with Gasteiger partial charge in [-0.2, -0.15) is 26.3 Å². The largest absolute Gasteiger partial charge is 0.439 e. The second-order valence-electron chi connectivity index (χ2n) is 6.12. The summed E-state index contributed by atoms with van der Waals surface area (Å²) in [4.78, 5) is 13.3. The van der Waals surface area contributed by atoms with Gasteiger partial charge in [0.15, 0.2) is 0 Å². The molecule has 0 unspecified atom stereocenters. The SMILES string of the molecule is CC[C@@H]1[C@@H](c2cc(C(F)(F)F)cc(C(F)(F)F)c2)OC(=O)N1C(C)C. The van der Waals surface area contributed by atoms with E-state index in [0.717, 1.165) is 0 Å². The Balaban J connectivity index is 2.56. The third kappa shape index (κ3) is 3.85. The number of hydrogen-bond acceptors (Lipinski definition) is 2. The lowest BCUT2D eigenvalue weighted by Gasteiger charge is -2.27. The van der Waals surface area contributed by atoms with E-state index in [4.69, 9.17) is 4.74 Å². The molecule has 1 aliphatic heterocycles. The molecule has 25 heavy (non-hydrogen) atoms. The van der Waals surface area contributed by atoms with Gasteiger partial charge in [0.05, 0.1) is 17.2 Å². The summed E-state index contributed by atoms with van der Waals surface area (Å²) >= 11 is 0. The van der Waals surface area contributed by atoms with E-state index in [0.29, 0.717) is 18.6 Å². The Morgan fingerprint density at radius 3 is 1.88 bits per heavy atom. The summed E-state index contributed by atoms with van der Waals surface area (Å²) < 4.78 is 83.1. The standard InChI is InChI=1S/C16H17F6NO2/c1-4-12-13(25-14(24)23(12)8(2)3)9-5-10(15(17,18)19)7-11(6-9)16(20,21)22/h5-8,12-13H,4H2,1-3H3/t12-,13-/m1/s1. The molecule has 0 saturated carbocycles. The number of amides is 1. The highest BCUT2D eigenvalue weighted by Gasteiger charge is 2.45. The van der Waals surface area contributed by atoms with E-state index in [1.807, 2.05) is 0 Å². The van der Waals surface area contributed by atoms with Gasteiger partial charge < -0.3 is 4.74 Å². The Hall–Kier alpha value is -1.93. The number of ether oxygens (including phenoxy) is 1. The monoisotopic (exact) mass is 369 g/mol. The van der Waals surface area contributed by atoms with Crippen molar-refractivity contribution < 1.29 is 35.9 Å². The molecule has 0 aliphatic carbocycles. The molecule has 9 heteroatoms. The summed E-state index contributed by atoms with van der Waals surface area (Å²) in [6.07, 6.45) is -11.5. The molecule has 0 radical (unpaired) electrons. The zero-order valence-electron chi connectivity index (χ0n) is 13.7. The lowest BCUT2D eigenvalue weighted by molar-refractivity contribution is -0.143. The van der Waals surface area contributed by atoms with Crippen molar-refractivity contribution in [1.82, 2.24) is 4.90 Å². The molecule has 1 fully saturated rings. The molecule has 1 saturated heterocycles. The normalized spacial score (nSPS) is 21.8. The summed E-state index contributed by atoms with van der Waals surface area (Å²) in [5.74, 6) is 0. The Labute approximate surface area is 140 Å². The number of benzene rings is 1. The Bertz CT molecular complexity index is 621. The van der Waals surface area contributed by atoms with Crippen LogP contribution in [-0.2, 0) is 17.1 Å². The van der Waals surface area contributed by atoms with Crippen molar-refractivity contribution in [2.75, 3.05) is 0 Å². The number of alkyl halides is 6. The fourth-order valence-corrected chi connectivity index (χ4v) is 2.97. The first-order chi connectivity index (χ1) is 11.4. The fourth-order valence-electron chi connectivity index (χ4n) is 2.97. The van der Waals surface area contributed by atoms with E-state index in [1.54, 1.807) is 20.8 Å². The number of nitrogens with zero attached hydrogens (tertiary/aromatic N) is 1. The molecule has 0 bridgehead atoms. The minimum absolute atomic E-state index is 0.0570. The van der Waals surface area contributed by atoms with Crippen molar-refractivity contribution in [3.63, 3.8) is 0 Å². The molecule has 1 aromatic rings. The lowest BCUT2D eigenvalue weighted by atomic mass is 9.95. The molecule has 3 nitrogen and oxygen atoms in total. The summed E-state index contributed by atoms with van der Waals surface area (Å²) in [6.45, 7) is 5.08. The molecule has 140 valence electrons. The lowest BCUT2D eigenvalue weighted by Crippen LogP contribution is -2.39.